The van der Waals surface area contributed by atoms with Gasteiger partial charge >= 0.3 is 6.18 Å². The van der Waals surface area contributed by atoms with Gasteiger partial charge in [-0.2, -0.15) is 13.2 Å². The third-order valence-corrected chi connectivity index (χ3v) is 4.71. The lowest BCUT2D eigenvalue weighted by atomic mass is 10.0. The maximum atomic E-state index is 13.6. The van der Waals surface area contributed by atoms with Crippen molar-refractivity contribution in [3.63, 3.8) is 0 Å². The summed E-state index contributed by atoms with van der Waals surface area (Å²) in [6.07, 6.45) is -3.23. The summed E-state index contributed by atoms with van der Waals surface area (Å²) in [4.78, 5) is 27.2. The van der Waals surface area contributed by atoms with E-state index in [1.165, 1.54) is 25.4 Å². The normalized spacial score (nSPS) is 14.5. The number of nitrogens with zero attached hydrogens (tertiary/aromatic N) is 2. The third kappa shape index (κ3) is 5.32. The van der Waals surface area contributed by atoms with E-state index in [4.69, 9.17) is 9.15 Å². The number of carbonyl (C=O) groups is 2. The Hall–Kier alpha value is -3.01. The van der Waals surface area contributed by atoms with Crippen molar-refractivity contribution in [2.45, 2.75) is 12.7 Å². The van der Waals surface area contributed by atoms with E-state index in [0.717, 1.165) is 11.0 Å². The fraction of sp³-hybridized carbons (Fsp3) is 0.400. The summed E-state index contributed by atoms with van der Waals surface area (Å²) < 4.78 is 50.9. The van der Waals surface area contributed by atoms with E-state index in [0.29, 0.717) is 32.0 Å². The van der Waals surface area contributed by atoms with Gasteiger partial charge in [0.25, 0.3) is 5.91 Å². The van der Waals surface area contributed by atoms with Gasteiger partial charge in [0.2, 0.25) is 5.91 Å². The predicted octanol–water partition coefficient (Wildman–Crippen LogP) is 2.52. The molecule has 2 amide bonds. The second-order valence-electron chi connectivity index (χ2n) is 6.85. The molecule has 0 atom stereocenters. The zero-order valence-corrected chi connectivity index (χ0v) is 16.4. The molecule has 0 saturated carbocycles. The molecule has 1 N–H and O–H groups in total. The van der Waals surface area contributed by atoms with Crippen molar-refractivity contribution in [3.05, 3.63) is 53.5 Å². The Morgan fingerprint density at radius 3 is 2.57 bits per heavy atom. The minimum absolute atomic E-state index is 0.0483. The largest absolute Gasteiger partial charge is 0.459 e. The molecule has 1 saturated heterocycles. The zero-order chi connectivity index (χ0) is 21.7. The number of amides is 2. The Kier molecular flexibility index (Phi) is 6.66. The van der Waals surface area contributed by atoms with Gasteiger partial charge in [0.15, 0.2) is 5.76 Å². The van der Waals surface area contributed by atoms with Crippen molar-refractivity contribution >= 4 is 17.5 Å². The van der Waals surface area contributed by atoms with Crippen LogP contribution >= 0.6 is 0 Å². The van der Waals surface area contributed by atoms with E-state index < -0.39 is 23.6 Å². The molecule has 2 aromatic rings. The lowest BCUT2D eigenvalue weighted by Gasteiger charge is -2.29. The molecule has 2 heterocycles. The van der Waals surface area contributed by atoms with Crippen molar-refractivity contribution in [1.82, 2.24) is 10.2 Å². The Morgan fingerprint density at radius 2 is 1.93 bits per heavy atom. The summed E-state index contributed by atoms with van der Waals surface area (Å²) in [5.41, 5.74) is -0.385. The van der Waals surface area contributed by atoms with Gasteiger partial charge in [0, 0.05) is 32.4 Å². The second-order valence-corrected chi connectivity index (χ2v) is 6.85. The second kappa shape index (κ2) is 9.21. The van der Waals surface area contributed by atoms with E-state index in [1.807, 2.05) is 4.90 Å². The van der Waals surface area contributed by atoms with Crippen LogP contribution in [0.5, 0.6) is 0 Å². The van der Waals surface area contributed by atoms with E-state index in [-0.39, 0.29) is 24.4 Å². The SMILES string of the molecule is CN(CC(=O)NCc1ccc(N2CCOCC2)cc1C(F)(F)F)C(=O)c1ccco1. The van der Waals surface area contributed by atoms with E-state index in [1.54, 1.807) is 12.1 Å². The number of morpholine rings is 1. The Morgan fingerprint density at radius 1 is 1.20 bits per heavy atom. The highest BCUT2D eigenvalue weighted by atomic mass is 19.4. The highest BCUT2D eigenvalue weighted by Crippen LogP contribution is 2.35. The Labute approximate surface area is 171 Å². The number of nitrogens with one attached hydrogen (secondary N) is 1. The number of furan rings is 1. The first-order valence-corrected chi connectivity index (χ1v) is 9.34. The van der Waals surface area contributed by atoms with Gasteiger partial charge in [0.1, 0.15) is 0 Å². The van der Waals surface area contributed by atoms with Gasteiger partial charge in [-0.3, -0.25) is 9.59 Å². The maximum absolute atomic E-state index is 13.6. The molecular weight excluding hydrogens is 403 g/mol. The van der Waals surface area contributed by atoms with Gasteiger partial charge in [0.05, 0.1) is 31.6 Å². The van der Waals surface area contributed by atoms with Crippen LogP contribution in [0.2, 0.25) is 0 Å². The smallest absolute Gasteiger partial charge is 0.416 e. The predicted molar refractivity (Wildman–Crippen MR) is 102 cm³/mol. The molecule has 0 spiro atoms. The molecule has 0 aliphatic carbocycles. The number of anilines is 1. The number of likely N-dealkylation sites (N-methyl/N-ethyl adjacent to an activating group) is 1. The molecule has 10 heteroatoms. The van der Waals surface area contributed by atoms with E-state index >= 15 is 0 Å². The molecule has 3 rings (SSSR count). The van der Waals surface area contributed by atoms with Crippen LogP contribution < -0.4 is 10.2 Å². The van der Waals surface area contributed by atoms with Gasteiger partial charge in [-0.15, -0.1) is 0 Å². The van der Waals surface area contributed by atoms with Crippen LogP contribution in [0.15, 0.2) is 41.0 Å². The number of alkyl halides is 3. The van der Waals surface area contributed by atoms with E-state index in [2.05, 4.69) is 5.32 Å². The first-order valence-electron chi connectivity index (χ1n) is 9.34. The minimum atomic E-state index is -4.56. The molecule has 1 aliphatic heterocycles. The Balaban J connectivity index is 1.65. The molecule has 1 aliphatic rings. The number of carbonyl (C=O) groups excluding carboxylic acids is 2. The first kappa shape index (κ1) is 21.7. The molecule has 1 aromatic heterocycles. The van der Waals surface area contributed by atoms with Crippen molar-refractivity contribution in [2.24, 2.45) is 0 Å². The molecule has 30 heavy (non-hydrogen) atoms. The number of hydrogen-bond donors (Lipinski definition) is 1. The summed E-state index contributed by atoms with van der Waals surface area (Å²) in [6.45, 7) is 1.34. The summed E-state index contributed by atoms with van der Waals surface area (Å²) in [5, 5.41) is 2.44. The van der Waals surface area contributed by atoms with E-state index in [9.17, 15) is 22.8 Å². The topological polar surface area (TPSA) is 75.0 Å². The summed E-state index contributed by atoms with van der Waals surface area (Å²) in [6, 6.07) is 7.07. The minimum Gasteiger partial charge on any atom is -0.459 e. The van der Waals surface area contributed by atoms with Crippen LogP contribution in [0.4, 0.5) is 18.9 Å². The summed E-state index contributed by atoms with van der Waals surface area (Å²) >= 11 is 0. The number of rotatable bonds is 6. The van der Waals surface area contributed by atoms with Gasteiger partial charge < -0.3 is 24.3 Å². The molecule has 7 nitrogen and oxygen atoms in total. The number of halogens is 3. The zero-order valence-electron chi connectivity index (χ0n) is 16.4. The van der Waals surface area contributed by atoms with Crippen LogP contribution in [0.3, 0.4) is 0 Å². The molecular formula is C20H22F3N3O4. The van der Waals surface area contributed by atoms with Crippen molar-refractivity contribution in [2.75, 3.05) is 44.8 Å². The lowest BCUT2D eigenvalue weighted by molar-refractivity contribution is -0.138. The van der Waals surface area contributed by atoms with Crippen LogP contribution in [0.25, 0.3) is 0 Å². The fourth-order valence-corrected chi connectivity index (χ4v) is 3.13. The molecule has 0 unspecified atom stereocenters. The van der Waals surface area contributed by atoms with Crippen molar-refractivity contribution in [1.29, 1.82) is 0 Å². The lowest BCUT2D eigenvalue weighted by Crippen LogP contribution is -2.38. The number of ether oxygens (including phenoxy) is 1. The quantitative estimate of drug-likeness (QED) is 0.770. The average Bonchev–Trinajstić information content (AvgIpc) is 3.26. The average molecular weight is 425 g/mol. The van der Waals surface area contributed by atoms with Crippen LogP contribution in [0.1, 0.15) is 21.7 Å². The number of benzene rings is 1. The molecule has 0 radical (unpaired) electrons. The van der Waals surface area contributed by atoms with Crippen LogP contribution in [-0.2, 0) is 22.3 Å². The molecule has 0 bridgehead atoms. The van der Waals surface area contributed by atoms with Crippen LogP contribution in [-0.4, -0.2) is 56.6 Å². The highest BCUT2D eigenvalue weighted by molar-refractivity contribution is 5.94. The van der Waals surface area contributed by atoms with Crippen molar-refractivity contribution < 1.29 is 31.9 Å². The fourth-order valence-electron chi connectivity index (χ4n) is 3.13. The molecule has 1 aromatic carbocycles. The molecule has 162 valence electrons. The maximum Gasteiger partial charge on any atom is 0.416 e. The highest BCUT2D eigenvalue weighted by Gasteiger charge is 2.34. The van der Waals surface area contributed by atoms with Gasteiger partial charge in [-0.05, 0) is 29.8 Å². The number of hydrogen-bond acceptors (Lipinski definition) is 5. The monoisotopic (exact) mass is 425 g/mol. The van der Waals surface area contributed by atoms with Crippen molar-refractivity contribution in [3.8, 4) is 0 Å². The standard InChI is InChI=1S/C20H22F3N3O4/c1-25(19(28)17-3-2-8-30-17)13-18(27)24-12-14-4-5-15(11-16(14)20(21,22)23)26-6-9-29-10-7-26/h2-5,8,11H,6-7,9-10,12-13H2,1H3,(H,24,27). The van der Waals surface area contributed by atoms with Gasteiger partial charge in [-0.25, -0.2) is 0 Å². The summed E-state index contributed by atoms with van der Waals surface area (Å²) in [7, 11) is 1.41. The Bertz CT molecular complexity index is 878. The summed E-state index contributed by atoms with van der Waals surface area (Å²) in [5.74, 6) is -1.01. The first-order chi connectivity index (χ1) is 14.3. The molecule has 1 fully saturated rings. The van der Waals surface area contributed by atoms with Gasteiger partial charge in [-0.1, -0.05) is 6.07 Å². The van der Waals surface area contributed by atoms with Crippen LogP contribution in [0, 0.1) is 0 Å². The third-order valence-electron chi connectivity index (χ3n) is 4.71.